The normalized spacial score (nSPS) is 13.7. The predicted octanol–water partition coefficient (Wildman–Crippen LogP) is 23.1. The van der Waals surface area contributed by atoms with E-state index in [-0.39, 0.29) is 0 Å². The van der Waals surface area contributed by atoms with Crippen molar-refractivity contribution in [1.29, 1.82) is 0 Å². The Balaban J connectivity index is 1.18. The monoisotopic (exact) mass is 1210 g/mol. The smallest absolute Gasteiger partial charge is 0.408 e. The zero-order valence-electron chi connectivity index (χ0n) is 52.0. The molecular weight excluding hydrogens is 1130 g/mol. The van der Waals surface area contributed by atoms with E-state index in [0.717, 1.165) is 206 Å². The van der Waals surface area contributed by atoms with Gasteiger partial charge in [0.25, 0.3) is 0 Å². The Labute approximate surface area is 522 Å². The Morgan fingerprint density at radius 1 is 0.292 bits per heavy atom. The summed E-state index contributed by atoms with van der Waals surface area (Å²) in [7, 11) is -10.2. The van der Waals surface area contributed by atoms with Crippen LogP contribution in [0.25, 0.3) is 110 Å². The molecule has 9 heteroatoms. The summed E-state index contributed by atoms with van der Waals surface area (Å²) in [6.45, 7) is 17.4. The Morgan fingerprint density at radius 2 is 0.506 bits per heavy atom. The summed E-state index contributed by atoms with van der Waals surface area (Å²) < 4.78 is 53.5. The van der Waals surface area contributed by atoms with Crippen molar-refractivity contribution in [2.45, 2.75) is 107 Å². The molecule has 14 rings (SSSR count). The molecule has 0 atom stereocenters. The van der Waals surface area contributed by atoms with E-state index in [1.807, 2.05) is 12.1 Å². The van der Waals surface area contributed by atoms with Gasteiger partial charge in [0.05, 0.1) is 0 Å². The summed E-state index contributed by atoms with van der Waals surface area (Å²) in [5.41, 5.74) is 18.8. The molecule has 2 heterocycles. The van der Waals surface area contributed by atoms with Gasteiger partial charge in [-0.3, -0.25) is 4.89 Å². The van der Waals surface area contributed by atoms with E-state index < -0.39 is 15.5 Å². The van der Waals surface area contributed by atoms with Crippen LogP contribution in [-0.2, 0) is 55.9 Å². The third kappa shape index (κ3) is 9.68. The molecule has 0 bridgehead atoms. The van der Waals surface area contributed by atoms with Crippen LogP contribution in [0.3, 0.4) is 0 Å². The maximum atomic E-state index is 17.9. The van der Waals surface area contributed by atoms with Gasteiger partial charge in [0.1, 0.15) is 23.0 Å². The molecule has 7 nitrogen and oxygen atoms in total. The fraction of sp³-hybridized carbons (Fsp3) is 0.200. The summed E-state index contributed by atoms with van der Waals surface area (Å²) in [6, 6.07) is 68.1. The molecule has 0 radical (unpaired) electrons. The summed E-state index contributed by atoms with van der Waals surface area (Å²) in [5.74, 6) is 1.41. The van der Waals surface area contributed by atoms with E-state index in [4.69, 9.17) is 22.6 Å². The zero-order valence-corrected chi connectivity index (χ0v) is 53.8. The first-order valence-electron chi connectivity index (χ1n) is 31.9. The molecule has 0 unspecified atom stereocenters. The lowest BCUT2D eigenvalue weighted by Gasteiger charge is -2.25. The standard InChI is InChI=1S/C80H73NO6P2/c1-9-49-33-25-34-50(10-2)69(49)65-45-57-29-17-21-41-61(57)73-74-62-42-22-18-30-58(62)46-66(70-51(11-3)35-26-36-52(70)12-4)78(74)85-88(82,84-77(65)73)81-89(83)86-79-67(71-53(13-5)37-27-38-54(71)14-6)47-59-31-19-23-43-63(59)75(79)76-64-44-24-20-32-60(64)48-68(80(76)87-89)72-55(15-7)39-28-40-56(72)16-8/h17-48,82H,9-16H2,1-8H3. The molecular formula is C80H73NO6P2. The Hall–Kier alpha value is -8.70. The van der Waals surface area contributed by atoms with Gasteiger partial charge >= 0.3 is 15.5 Å². The minimum absolute atomic E-state index is 0.335. The largest absolute Gasteiger partial charge is 0.569 e. The second-order valence-corrected chi connectivity index (χ2v) is 26.8. The van der Waals surface area contributed by atoms with Gasteiger partial charge in [-0.2, -0.15) is 0 Å². The molecule has 444 valence electrons. The topological polar surface area (TPSA) is 86.6 Å². The first-order valence-corrected chi connectivity index (χ1v) is 34.9. The van der Waals surface area contributed by atoms with E-state index in [1.54, 1.807) is 0 Å². The SMILES string of the molecule is CCc1cccc(CC)c1-c1cc2ccccc2c2c1OP(=O)(N=P1(O)Oc3c(-c4c(CC)cccc4CC)cc4ccccc4c3-c3c(c(-c4c(CC)cccc4CC)cc4ccccc34)O1)Oc1c(-c3c(CC)cccc3CC)cc3ccccc3c1-2. The molecule has 12 aromatic carbocycles. The van der Waals surface area contributed by atoms with Crippen LogP contribution < -0.4 is 18.1 Å². The molecule has 1 N–H and O–H groups in total. The molecule has 0 amide bonds. The quantitative estimate of drug-likeness (QED) is 0.116. The molecule has 0 saturated carbocycles. The fourth-order valence-electron chi connectivity index (χ4n) is 14.5. The molecule has 0 saturated heterocycles. The van der Waals surface area contributed by atoms with E-state index in [1.165, 1.54) is 0 Å². The summed E-state index contributed by atoms with van der Waals surface area (Å²) in [6.07, 6.45) is 5.82. The van der Waals surface area contributed by atoms with Crippen LogP contribution in [0.2, 0.25) is 0 Å². The van der Waals surface area contributed by atoms with E-state index >= 15 is 4.57 Å². The Bertz CT molecular complexity index is 4590. The second kappa shape index (κ2) is 23.3. The minimum atomic E-state index is -5.20. The van der Waals surface area contributed by atoms with Crippen molar-refractivity contribution in [2.75, 3.05) is 0 Å². The molecule has 0 aliphatic carbocycles. The van der Waals surface area contributed by atoms with E-state index in [2.05, 4.69) is 237 Å². The van der Waals surface area contributed by atoms with Crippen molar-refractivity contribution in [2.24, 2.45) is 4.52 Å². The number of rotatable bonds is 13. The number of hydrogen-bond acceptors (Lipinski definition) is 5. The first-order chi connectivity index (χ1) is 43.5. The van der Waals surface area contributed by atoms with Gasteiger partial charge in [-0.05, 0) is 185 Å². The summed E-state index contributed by atoms with van der Waals surface area (Å²) in [4.78, 5) is 14.7. The maximum absolute atomic E-state index is 17.9. The molecule has 0 fully saturated rings. The average Bonchev–Trinajstić information content (AvgIpc) is 1.69. The van der Waals surface area contributed by atoms with Crippen molar-refractivity contribution in [3.63, 3.8) is 0 Å². The van der Waals surface area contributed by atoms with Gasteiger partial charge < -0.3 is 18.1 Å². The molecule has 0 aromatic heterocycles. The average molecular weight is 1210 g/mol. The molecule has 89 heavy (non-hydrogen) atoms. The minimum Gasteiger partial charge on any atom is -0.408 e. The van der Waals surface area contributed by atoms with Crippen LogP contribution in [0.15, 0.2) is 199 Å². The lowest BCUT2D eigenvalue weighted by molar-refractivity contribution is 0.361. The van der Waals surface area contributed by atoms with E-state index in [0.29, 0.717) is 23.0 Å². The van der Waals surface area contributed by atoms with Gasteiger partial charge in [-0.15, -0.1) is 0 Å². The van der Waals surface area contributed by atoms with Crippen LogP contribution in [-0.4, -0.2) is 4.89 Å². The van der Waals surface area contributed by atoms with Crippen molar-refractivity contribution in [1.82, 2.24) is 0 Å². The van der Waals surface area contributed by atoms with Crippen LogP contribution in [0.1, 0.15) is 99.9 Å². The second-order valence-electron chi connectivity index (χ2n) is 23.4. The van der Waals surface area contributed by atoms with E-state index in [9.17, 15) is 4.89 Å². The third-order valence-corrected chi connectivity index (χ3v) is 22.1. The molecule has 2 aliphatic heterocycles. The predicted molar refractivity (Wildman–Crippen MR) is 372 cm³/mol. The highest BCUT2D eigenvalue weighted by Gasteiger charge is 2.46. The van der Waals surface area contributed by atoms with Crippen molar-refractivity contribution < 1.29 is 27.6 Å². The Morgan fingerprint density at radius 3 is 0.730 bits per heavy atom. The highest BCUT2D eigenvalue weighted by Crippen LogP contribution is 2.71. The Kier molecular flexibility index (Phi) is 15.2. The zero-order chi connectivity index (χ0) is 61.3. The molecule has 0 spiro atoms. The van der Waals surface area contributed by atoms with Gasteiger partial charge in [0.2, 0.25) is 0 Å². The number of benzene rings is 12. The van der Waals surface area contributed by atoms with Crippen LogP contribution in [0, 0.1) is 0 Å². The van der Waals surface area contributed by atoms with Crippen LogP contribution in [0.4, 0.5) is 0 Å². The first kappa shape index (κ1) is 58.0. The summed E-state index contributed by atoms with van der Waals surface area (Å²) in [5, 5.41) is 7.46. The molecule has 12 aromatic rings. The number of nitrogens with zero attached hydrogens (tertiary/aromatic N) is 1. The number of hydrogen-bond donors (Lipinski definition) is 1. The van der Waals surface area contributed by atoms with Gasteiger partial charge in [0, 0.05) is 44.5 Å². The third-order valence-electron chi connectivity index (χ3n) is 18.6. The maximum Gasteiger partial charge on any atom is 0.569 e. The van der Waals surface area contributed by atoms with Crippen molar-refractivity contribution in [3.05, 3.63) is 239 Å². The lowest BCUT2D eigenvalue weighted by Crippen LogP contribution is -2.06. The number of aryl methyl sites for hydroxylation is 8. The number of fused-ring (bicyclic) bond motifs is 14. The highest BCUT2D eigenvalue weighted by atomic mass is 31.2. The van der Waals surface area contributed by atoms with Crippen LogP contribution in [0.5, 0.6) is 23.0 Å². The summed E-state index contributed by atoms with van der Waals surface area (Å²) >= 11 is 0. The van der Waals surface area contributed by atoms with Gasteiger partial charge in [-0.25, -0.2) is 4.57 Å². The van der Waals surface area contributed by atoms with Crippen molar-refractivity contribution in [3.8, 4) is 89.8 Å². The lowest BCUT2D eigenvalue weighted by atomic mass is 9.83. The van der Waals surface area contributed by atoms with Gasteiger partial charge in [-0.1, -0.05) is 230 Å². The molecule has 2 aliphatic rings. The van der Waals surface area contributed by atoms with Crippen molar-refractivity contribution >= 4 is 58.6 Å². The van der Waals surface area contributed by atoms with Crippen LogP contribution >= 0.6 is 15.5 Å². The van der Waals surface area contributed by atoms with Gasteiger partial charge in [0.15, 0.2) is 0 Å². The fourth-order valence-corrected chi connectivity index (χ4v) is 18.0. The highest BCUT2D eigenvalue weighted by molar-refractivity contribution is 7.64.